The fourth-order valence-electron chi connectivity index (χ4n) is 3.76. The van der Waals surface area contributed by atoms with Gasteiger partial charge in [0.1, 0.15) is 6.04 Å². The van der Waals surface area contributed by atoms with Gasteiger partial charge in [-0.15, -0.1) is 11.8 Å². The number of rotatable bonds is 10. The molecular weight excluding hydrogens is 428 g/mol. The van der Waals surface area contributed by atoms with Crippen LogP contribution in [0.15, 0.2) is 83.8 Å². The minimum absolute atomic E-state index is 0.0133. The van der Waals surface area contributed by atoms with Gasteiger partial charge in [-0.3, -0.25) is 9.59 Å². The first-order valence-corrected chi connectivity index (χ1v) is 12.2. The number of hydrogen-bond donors (Lipinski definition) is 1. The minimum atomic E-state index is -0.574. The molecule has 5 heteroatoms. The van der Waals surface area contributed by atoms with Crippen molar-refractivity contribution in [2.75, 3.05) is 12.8 Å². The first-order chi connectivity index (χ1) is 16.0. The molecule has 0 aliphatic rings. The van der Waals surface area contributed by atoms with E-state index >= 15 is 0 Å². The van der Waals surface area contributed by atoms with Crippen molar-refractivity contribution in [1.82, 2.24) is 10.2 Å². The summed E-state index contributed by atoms with van der Waals surface area (Å²) in [5.41, 5.74) is 4.40. The molecule has 2 amide bonds. The number of nitrogens with one attached hydrogen (secondary N) is 1. The van der Waals surface area contributed by atoms with Crippen LogP contribution in [0.25, 0.3) is 0 Å². The molecule has 0 radical (unpaired) electrons. The fraction of sp³-hybridized carbons (Fsp3) is 0.286. The summed E-state index contributed by atoms with van der Waals surface area (Å²) in [4.78, 5) is 29.3. The zero-order valence-electron chi connectivity index (χ0n) is 19.6. The lowest BCUT2D eigenvalue weighted by Crippen LogP contribution is -2.49. The van der Waals surface area contributed by atoms with Crippen LogP contribution in [-0.2, 0) is 22.6 Å². The molecule has 33 heavy (non-hydrogen) atoms. The zero-order valence-corrected chi connectivity index (χ0v) is 20.4. The van der Waals surface area contributed by atoms with E-state index in [0.29, 0.717) is 25.1 Å². The van der Waals surface area contributed by atoms with Crippen molar-refractivity contribution >= 4 is 23.6 Å². The molecule has 3 aromatic rings. The molecule has 0 saturated heterocycles. The van der Waals surface area contributed by atoms with Crippen LogP contribution >= 0.6 is 11.8 Å². The van der Waals surface area contributed by atoms with E-state index in [1.807, 2.05) is 55.5 Å². The highest BCUT2D eigenvalue weighted by atomic mass is 32.2. The maximum atomic E-state index is 13.5. The van der Waals surface area contributed by atoms with Crippen LogP contribution in [0.3, 0.4) is 0 Å². The van der Waals surface area contributed by atoms with E-state index < -0.39 is 6.04 Å². The lowest BCUT2D eigenvalue weighted by Gasteiger charge is -2.31. The molecule has 0 heterocycles. The number of thioether (sulfide) groups is 1. The molecule has 1 atom stereocenters. The Balaban J connectivity index is 1.80. The van der Waals surface area contributed by atoms with Gasteiger partial charge in [-0.2, -0.15) is 0 Å². The Bertz CT molecular complexity index is 1050. The number of carbonyl (C=O) groups excluding carboxylic acids is 2. The van der Waals surface area contributed by atoms with Crippen LogP contribution in [-0.4, -0.2) is 35.6 Å². The standard InChI is InChI=1S/C28H32N2O2S/c1-21-12-14-25(15-13-21)33-17-16-27(31)30(20-24-11-7-8-22(2)18-24)26(28(32)29-3)19-23-9-5-4-6-10-23/h4-15,18,26H,16-17,19-20H2,1-3H3,(H,29,32)/t26-/m1/s1. The number of carbonyl (C=O) groups is 2. The maximum Gasteiger partial charge on any atom is 0.242 e. The van der Waals surface area contributed by atoms with Crippen molar-refractivity contribution in [3.8, 4) is 0 Å². The van der Waals surface area contributed by atoms with Crippen LogP contribution in [0.4, 0.5) is 0 Å². The lowest BCUT2D eigenvalue weighted by molar-refractivity contribution is -0.140. The van der Waals surface area contributed by atoms with E-state index in [2.05, 4.69) is 42.6 Å². The molecule has 4 nitrogen and oxygen atoms in total. The summed E-state index contributed by atoms with van der Waals surface area (Å²) in [6.45, 7) is 4.50. The molecule has 0 aliphatic carbocycles. The maximum absolute atomic E-state index is 13.5. The summed E-state index contributed by atoms with van der Waals surface area (Å²) in [6.07, 6.45) is 0.843. The highest BCUT2D eigenvalue weighted by molar-refractivity contribution is 7.99. The Hall–Kier alpha value is -3.05. The van der Waals surface area contributed by atoms with E-state index in [1.54, 1.807) is 23.7 Å². The van der Waals surface area contributed by atoms with Crippen LogP contribution in [0.5, 0.6) is 0 Å². The van der Waals surface area contributed by atoms with Gasteiger partial charge in [0.25, 0.3) is 0 Å². The summed E-state index contributed by atoms with van der Waals surface area (Å²) in [5, 5.41) is 2.77. The van der Waals surface area contributed by atoms with Crippen LogP contribution in [0.1, 0.15) is 28.7 Å². The van der Waals surface area contributed by atoms with Crippen molar-refractivity contribution in [1.29, 1.82) is 0 Å². The minimum Gasteiger partial charge on any atom is -0.357 e. The van der Waals surface area contributed by atoms with Crippen molar-refractivity contribution in [2.45, 2.75) is 44.2 Å². The summed E-state index contributed by atoms with van der Waals surface area (Å²) >= 11 is 1.67. The second-order valence-corrected chi connectivity index (χ2v) is 9.41. The number of amides is 2. The molecular formula is C28H32N2O2S. The van der Waals surface area contributed by atoms with Crippen LogP contribution in [0, 0.1) is 13.8 Å². The van der Waals surface area contributed by atoms with Gasteiger partial charge < -0.3 is 10.2 Å². The third-order valence-corrected chi connectivity index (χ3v) is 6.57. The summed E-state index contributed by atoms with van der Waals surface area (Å²) in [7, 11) is 1.63. The quantitative estimate of drug-likeness (QED) is 0.425. The predicted octanol–water partition coefficient (Wildman–Crippen LogP) is 5.17. The number of aryl methyl sites for hydroxylation is 2. The molecule has 0 bridgehead atoms. The molecule has 3 rings (SSSR count). The molecule has 0 aromatic heterocycles. The van der Waals surface area contributed by atoms with Crippen molar-refractivity contribution in [3.05, 3.63) is 101 Å². The van der Waals surface area contributed by atoms with Crippen molar-refractivity contribution in [2.24, 2.45) is 0 Å². The molecule has 0 spiro atoms. The number of benzene rings is 3. The average molecular weight is 461 g/mol. The van der Waals surface area contributed by atoms with Gasteiger partial charge in [-0.25, -0.2) is 0 Å². The third kappa shape index (κ3) is 7.50. The smallest absolute Gasteiger partial charge is 0.242 e. The highest BCUT2D eigenvalue weighted by Crippen LogP contribution is 2.21. The van der Waals surface area contributed by atoms with Gasteiger partial charge >= 0.3 is 0 Å². The summed E-state index contributed by atoms with van der Waals surface area (Å²) < 4.78 is 0. The Labute approximate surface area is 201 Å². The van der Waals surface area contributed by atoms with Gasteiger partial charge in [-0.05, 0) is 37.1 Å². The Morgan fingerprint density at radius 1 is 0.879 bits per heavy atom. The van der Waals surface area contributed by atoms with Gasteiger partial charge in [-0.1, -0.05) is 77.9 Å². The van der Waals surface area contributed by atoms with E-state index in [1.165, 1.54) is 5.56 Å². The SMILES string of the molecule is CNC(=O)[C@@H](Cc1ccccc1)N(Cc1cccc(C)c1)C(=O)CCSc1ccc(C)cc1. The first-order valence-electron chi connectivity index (χ1n) is 11.3. The molecule has 0 unspecified atom stereocenters. The lowest BCUT2D eigenvalue weighted by atomic mass is 10.0. The molecule has 3 aromatic carbocycles. The van der Waals surface area contributed by atoms with Crippen LogP contribution < -0.4 is 5.32 Å². The highest BCUT2D eigenvalue weighted by Gasteiger charge is 2.29. The normalized spacial score (nSPS) is 11.6. The second-order valence-electron chi connectivity index (χ2n) is 8.24. The van der Waals surface area contributed by atoms with Gasteiger partial charge in [0.05, 0.1) is 0 Å². The number of nitrogens with zero attached hydrogens (tertiary/aromatic N) is 1. The molecule has 0 aliphatic heterocycles. The molecule has 172 valence electrons. The third-order valence-electron chi connectivity index (χ3n) is 5.56. The van der Waals surface area contributed by atoms with Crippen LogP contribution in [0.2, 0.25) is 0 Å². The Morgan fingerprint density at radius 2 is 1.58 bits per heavy atom. The average Bonchev–Trinajstić information content (AvgIpc) is 2.82. The number of likely N-dealkylation sites (N-methyl/N-ethyl adjacent to an activating group) is 1. The molecule has 0 saturated carbocycles. The van der Waals surface area contributed by atoms with Crippen molar-refractivity contribution < 1.29 is 9.59 Å². The largest absolute Gasteiger partial charge is 0.357 e. The van der Waals surface area contributed by atoms with Gasteiger partial charge in [0.2, 0.25) is 11.8 Å². The van der Waals surface area contributed by atoms with E-state index in [-0.39, 0.29) is 11.8 Å². The molecule has 1 N–H and O–H groups in total. The predicted molar refractivity (Wildman–Crippen MR) is 136 cm³/mol. The monoisotopic (exact) mass is 460 g/mol. The Kier molecular flexibility index (Phi) is 9.14. The second kappa shape index (κ2) is 12.3. The molecule has 0 fully saturated rings. The zero-order chi connectivity index (χ0) is 23.6. The van der Waals surface area contributed by atoms with E-state index in [9.17, 15) is 9.59 Å². The Morgan fingerprint density at radius 3 is 2.24 bits per heavy atom. The summed E-state index contributed by atoms with van der Waals surface area (Å²) in [6, 6.07) is 25.7. The van der Waals surface area contributed by atoms with Gasteiger partial charge in [0, 0.05) is 37.1 Å². The van der Waals surface area contributed by atoms with E-state index in [0.717, 1.165) is 21.6 Å². The summed E-state index contributed by atoms with van der Waals surface area (Å²) in [5.74, 6) is 0.504. The van der Waals surface area contributed by atoms with Gasteiger partial charge in [0.15, 0.2) is 0 Å². The van der Waals surface area contributed by atoms with Crippen molar-refractivity contribution in [3.63, 3.8) is 0 Å². The number of hydrogen-bond acceptors (Lipinski definition) is 3. The van der Waals surface area contributed by atoms with E-state index in [4.69, 9.17) is 0 Å². The first kappa shape index (κ1) is 24.6. The fourth-order valence-corrected chi connectivity index (χ4v) is 4.60. The topological polar surface area (TPSA) is 49.4 Å².